The molecule has 0 bridgehead atoms. The van der Waals surface area contributed by atoms with Gasteiger partial charge in [-0.25, -0.2) is 0 Å². The largest absolute Gasteiger partial charge is 0.491 e. The molecule has 1 aliphatic heterocycles. The first-order valence-electron chi connectivity index (χ1n) is 6.82. The van der Waals surface area contributed by atoms with Crippen LogP contribution in [0.3, 0.4) is 0 Å². The summed E-state index contributed by atoms with van der Waals surface area (Å²) in [6.45, 7) is 6.24. The van der Waals surface area contributed by atoms with Gasteiger partial charge in [-0.05, 0) is 44.5 Å². The average Bonchev–Trinajstić information content (AvgIpc) is 2.52. The van der Waals surface area contributed by atoms with Gasteiger partial charge in [0.25, 0.3) is 0 Å². The number of likely N-dealkylation sites (N-methyl/N-ethyl adjacent to an activating group) is 1. The smallest absolute Gasteiger partial charge is 0.241 e. The molecule has 104 valence electrons. The third-order valence-corrected chi connectivity index (χ3v) is 3.25. The van der Waals surface area contributed by atoms with Gasteiger partial charge in [-0.15, -0.1) is 0 Å². The van der Waals surface area contributed by atoms with Gasteiger partial charge in [-0.3, -0.25) is 4.79 Å². The van der Waals surface area contributed by atoms with Crippen LogP contribution in [0.5, 0.6) is 5.75 Å². The maximum Gasteiger partial charge on any atom is 0.241 e. The molecule has 0 aromatic heterocycles. The third kappa shape index (κ3) is 3.63. The van der Waals surface area contributed by atoms with E-state index in [0.717, 1.165) is 30.9 Å². The Morgan fingerprint density at radius 1 is 1.16 bits per heavy atom. The number of amides is 1. The minimum absolute atomic E-state index is 0.180. The van der Waals surface area contributed by atoms with E-state index in [9.17, 15) is 4.79 Å². The first-order valence-corrected chi connectivity index (χ1v) is 6.82. The molecule has 0 unspecified atom stereocenters. The minimum atomic E-state index is 0.180. The fourth-order valence-electron chi connectivity index (χ4n) is 2.21. The summed E-state index contributed by atoms with van der Waals surface area (Å²) in [6.07, 6.45) is 1.19. The molecule has 1 saturated heterocycles. The quantitative estimate of drug-likeness (QED) is 0.836. The lowest BCUT2D eigenvalue weighted by Gasteiger charge is -2.22. The second-order valence-corrected chi connectivity index (χ2v) is 5.25. The van der Waals surface area contributed by atoms with Crippen molar-refractivity contribution in [3.05, 3.63) is 24.3 Å². The van der Waals surface area contributed by atoms with Gasteiger partial charge >= 0.3 is 0 Å². The SMILES string of the molecule is CC(C)Oc1ccc(N2CCCN(C)C(=O)C2)cc1. The van der Waals surface area contributed by atoms with Crippen LogP contribution in [0, 0.1) is 0 Å². The molecule has 0 saturated carbocycles. The van der Waals surface area contributed by atoms with Crippen molar-refractivity contribution < 1.29 is 9.53 Å². The highest BCUT2D eigenvalue weighted by atomic mass is 16.5. The molecule has 0 atom stereocenters. The van der Waals surface area contributed by atoms with Gasteiger partial charge in [-0.2, -0.15) is 0 Å². The maximum atomic E-state index is 11.9. The van der Waals surface area contributed by atoms with Crippen molar-refractivity contribution >= 4 is 11.6 Å². The van der Waals surface area contributed by atoms with Crippen LogP contribution >= 0.6 is 0 Å². The molecule has 1 fully saturated rings. The molecule has 0 spiro atoms. The van der Waals surface area contributed by atoms with Crippen molar-refractivity contribution in [3.63, 3.8) is 0 Å². The zero-order valence-corrected chi connectivity index (χ0v) is 11.9. The van der Waals surface area contributed by atoms with E-state index < -0.39 is 0 Å². The second kappa shape index (κ2) is 5.95. The summed E-state index contributed by atoms with van der Waals surface area (Å²) >= 11 is 0. The first-order chi connectivity index (χ1) is 9.06. The van der Waals surface area contributed by atoms with Crippen molar-refractivity contribution in [2.75, 3.05) is 31.6 Å². The fraction of sp³-hybridized carbons (Fsp3) is 0.533. The molecule has 1 amide bonds. The van der Waals surface area contributed by atoms with Crippen LogP contribution in [0.2, 0.25) is 0 Å². The third-order valence-electron chi connectivity index (χ3n) is 3.25. The lowest BCUT2D eigenvalue weighted by Crippen LogP contribution is -2.34. The predicted octanol–water partition coefficient (Wildman–Crippen LogP) is 2.14. The van der Waals surface area contributed by atoms with Crippen LogP contribution in [0.1, 0.15) is 20.3 Å². The van der Waals surface area contributed by atoms with Crippen LogP contribution in [0.25, 0.3) is 0 Å². The highest BCUT2D eigenvalue weighted by Crippen LogP contribution is 2.21. The Bertz CT molecular complexity index is 428. The molecule has 1 aliphatic rings. The Labute approximate surface area is 115 Å². The van der Waals surface area contributed by atoms with Gasteiger partial charge in [0, 0.05) is 25.8 Å². The van der Waals surface area contributed by atoms with E-state index in [2.05, 4.69) is 4.90 Å². The van der Waals surface area contributed by atoms with Gasteiger partial charge in [0.1, 0.15) is 5.75 Å². The van der Waals surface area contributed by atoms with E-state index in [-0.39, 0.29) is 12.0 Å². The zero-order valence-electron chi connectivity index (χ0n) is 11.9. The molecule has 4 heteroatoms. The first kappa shape index (κ1) is 13.7. The number of hydrogen-bond acceptors (Lipinski definition) is 3. The van der Waals surface area contributed by atoms with Gasteiger partial charge in [0.05, 0.1) is 12.6 Å². The van der Waals surface area contributed by atoms with Crippen LogP contribution in [0.4, 0.5) is 5.69 Å². The van der Waals surface area contributed by atoms with Crippen molar-refractivity contribution in [2.24, 2.45) is 0 Å². The molecule has 0 radical (unpaired) electrons. The Morgan fingerprint density at radius 3 is 2.47 bits per heavy atom. The summed E-state index contributed by atoms with van der Waals surface area (Å²) in [6, 6.07) is 7.98. The highest BCUT2D eigenvalue weighted by Gasteiger charge is 2.18. The number of anilines is 1. The second-order valence-electron chi connectivity index (χ2n) is 5.25. The van der Waals surface area contributed by atoms with Crippen LogP contribution in [-0.4, -0.2) is 43.6 Å². The van der Waals surface area contributed by atoms with Crippen molar-refractivity contribution in [3.8, 4) is 5.75 Å². The van der Waals surface area contributed by atoms with Crippen LogP contribution in [0.15, 0.2) is 24.3 Å². The number of benzene rings is 1. The van der Waals surface area contributed by atoms with Gasteiger partial charge in [0.15, 0.2) is 0 Å². The van der Waals surface area contributed by atoms with Crippen molar-refractivity contribution in [1.82, 2.24) is 4.90 Å². The summed E-state index contributed by atoms with van der Waals surface area (Å²) in [5, 5.41) is 0. The topological polar surface area (TPSA) is 32.8 Å². The van der Waals surface area contributed by atoms with Gasteiger partial charge in [-0.1, -0.05) is 0 Å². The highest BCUT2D eigenvalue weighted by molar-refractivity contribution is 5.81. The molecule has 0 aliphatic carbocycles. The average molecular weight is 262 g/mol. The van der Waals surface area contributed by atoms with E-state index in [1.807, 2.05) is 45.2 Å². The lowest BCUT2D eigenvalue weighted by atomic mass is 10.2. The van der Waals surface area contributed by atoms with Crippen LogP contribution < -0.4 is 9.64 Å². The molecule has 1 aromatic carbocycles. The van der Waals surface area contributed by atoms with Crippen molar-refractivity contribution in [1.29, 1.82) is 0 Å². The van der Waals surface area contributed by atoms with Gasteiger partial charge in [0.2, 0.25) is 5.91 Å². The molecular formula is C15H22N2O2. The summed E-state index contributed by atoms with van der Waals surface area (Å²) in [5.41, 5.74) is 1.08. The number of carbonyl (C=O) groups excluding carboxylic acids is 1. The monoisotopic (exact) mass is 262 g/mol. The van der Waals surface area contributed by atoms with E-state index in [0.29, 0.717) is 6.54 Å². The Hall–Kier alpha value is -1.71. The fourth-order valence-corrected chi connectivity index (χ4v) is 2.21. The summed E-state index contributed by atoms with van der Waals surface area (Å²) < 4.78 is 5.63. The van der Waals surface area contributed by atoms with Crippen molar-refractivity contribution in [2.45, 2.75) is 26.4 Å². The Kier molecular flexibility index (Phi) is 4.30. The summed E-state index contributed by atoms with van der Waals surface area (Å²) in [7, 11) is 1.87. The summed E-state index contributed by atoms with van der Waals surface area (Å²) in [4.78, 5) is 15.8. The number of rotatable bonds is 3. The Morgan fingerprint density at radius 2 is 1.84 bits per heavy atom. The minimum Gasteiger partial charge on any atom is -0.491 e. The van der Waals surface area contributed by atoms with Crippen LogP contribution in [-0.2, 0) is 4.79 Å². The number of carbonyl (C=O) groups is 1. The zero-order chi connectivity index (χ0) is 13.8. The Balaban J connectivity index is 2.06. The maximum absolute atomic E-state index is 11.9. The van der Waals surface area contributed by atoms with E-state index in [1.165, 1.54) is 0 Å². The van der Waals surface area contributed by atoms with E-state index >= 15 is 0 Å². The van der Waals surface area contributed by atoms with E-state index in [1.54, 1.807) is 4.90 Å². The molecule has 19 heavy (non-hydrogen) atoms. The molecule has 1 aromatic rings. The molecular weight excluding hydrogens is 240 g/mol. The summed E-state index contributed by atoms with van der Waals surface area (Å²) in [5.74, 6) is 1.05. The normalized spacial score (nSPS) is 16.7. The van der Waals surface area contributed by atoms with E-state index in [4.69, 9.17) is 4.74 Å². The van der Waals surface area contributed by atoms with Gasteiger partial charge < -0.3 is 14.5 Å². The molecule has 2 rings (SSSR count). The molecule has 1 heterocycles. The molecule has 4 nitrogen and oxygen atoms in total. The standard InChI is InChI=1S/C15H22N2O2/c1-12(2)19-14-7-5-13(6-8-14)17-10-4-9-16(3)15(18)11-17/h5-8,12H,4,9-11H2,1-3H3. The molecule has 0 N–H and O–H groups in total. The predicted molar refractivity (Wildman–Crippen MR) is 76.7 cm³/mol. The number of hydrogen-bond donors (Lipinski definition) is 0. The number of ether oxygens (including phenoxy) is 1. The number of nitrogens with zero attached hydrogens (tertiary/aromatic N) is 2. The lowest BCUT2D eigenvalue weighted by molar-refractivity contribution is -0.127.